The van der Waals surface area contributed by atoms with Gasteiger partial charge < -0.3 is 5.32 Å². The molecule has 1 heterocycles. The number of fused-ring (bicyclic) bond motifs is 1. The van der Waals surface area contributed by atoms with E-state index in [1.165, 1.54) is 0 Å². The van der Waals surface area contributed by atoms with Crippen molar-refractivity contribution >= 4 is 52.3 Å². The molecule has 0 unspecified atom stereocenters. The van der Waals surface area contributed by atoms with E-state index in [1.54, 1.807) is 66.7 Å². The number of hydrogen-bond acceptors (Lipinski definition) is 3. The molecule has 0 aromatic heterocycles. The van der Waals surface area contributed by atoms with Crippen molar-refractivity contribution in [3.8, 4) is 0 Å². The van der Waals surface area contributed by atoms with Crippen LogP contribution in [0.3, 0.4) is 0 Å². The van der Waals surface area contributed by atoms with Crippen molar-refractivity contribution in [1.82, 2.24) is 0 Å². The van der Waals surface area contributed by atoms with E-state index in [9.17, 15) is 14.4 Å². The standard InChI is InChI=1S/C22H14Cl2N2O3/c23-18-9-4-10-19(24)17(18)12-20(27)25-13-5-3-6-14(11-13)26-21(28)15-7-1-2-8-16(15)22(26)29/h1-11H,12H2,(H,25,27). The number of halogens is 2. The average Bonchev–Trinajstić information content (AvgIpc) is 2.96. The number of benzene rings is 3. The van der Waals surface area contributed by atoms with Gasteiger partial charge in [0.2, 0.25) is 5.91 Å². The third-order valence-electron chi connectivity index (χ3n) is 4.58. The minimum atomic E-state index is -0.392. The molecule has 0 radical (unpaired) electrons. The quantitative estimate of drug-likeness (QED) is 0.600. The lowest BCUT2D eigenvalue weighted by molar-refractivity contribution is -0.115. The van der Waals surface area contributed by atoms with Gasteiger partial charge in [-0.2, -0.15) is 0 Å². The SMILES string of the molecule is O=C(Cc1c(Cl)cccc1Cl)Nc1cccc(N2C(=O)c3ccccc3C2=O)c1. The molecule has 5 nitrogen and oxygen atoms in total. The summed E-state index contributed by atoms with van der Waals surface area (Å²) in [6.45, 7) is 0. The molecular formula is C22H14Cl2N2O3. The number of imide groups is 1. The van der Waals surface area contributed by atoms with E-state index in [-0.39, 0.29) is 12.3 Å². The lowest BCUT2D eigenvalue weighted by atomic mass is 10.1. The molecule has 1 aliphatic rings. The molecule has 0 aliphatic carbocycles. The molecule has 29 heavy (non-hydrogen) atoms. The Hall–Kier alpha value is -3.15. The van der Waals surface area contributed by atoms with Gasteiger partial charge in [-0.15, -0.1) is 0 Å². The summed E-state index contributed by atoms with van der Waals surface area (Å²) in [6, 6.07) is 18.3. The Morgan fingerprint density at radius 2 is 1.41 bits per heavy atom. The number of amides is 3. The zero-order valence-corrected chi connectivity index (χ0v) is 16.5. The third-order valence-corrected chi connectivity index (χ3v) is 5.29. The Morgan fingerprint density at radius 1 is 0.828 bits per heavy atom. The van der Waals surface area contributed by atoms with Crippen LogP contribution in [-0.2, 0) is 11.2 Å². The van der Waals surface area contributed by atoms with Gasteiger partial charge in [0.1, 0.15) is 0 Å². The number of nitrogens with one attached hydrogen (secondary N) is 1. The lowest BCUT2D eigenvalue weighted by Crippen LogP contribution is -2.29. The normalized spacial score (nSPS) is 12.8. The maximum Gasteiger partial charge on any atom is 0.266 e. The summed E-state index contributed by atoms with van der Waals surface area (Å²) in [5, 5.41) is 3.57. The number of nitrogens with zero attached hydrogens (tertiary/aromatic N) is 1. The average molecular weight is 425 g/mol. The fourth-order valence-corrected chi connectivity index (χ4v) is 3.74. The Labute approximate surface area is 176 Å². The summed E-state index contributed by atoms with van der Waals surface area (Å²) >= 11 is 12.2. The lowest BCUT2D eigenvalue weighted by Gasteiger charge is -2.15. The van der Waals surface area contributed by atoms with Crippen LogP contribution < -0.4 is 10.2 Å². The second kappa shape index (κ2) is 7.70. The molecule has 0 spiro atoms. The van der Waals surface area contributed by atoms with Crippen LogP contribution in [0.4, 0.5) is 11.4 Å². The number of carbonyl (C=O) groups excluding carboxylic acids is 3. The van der Waals surface area contributed by atoms with E-state index in [0.29, 0.717) is 38.1 Å². The van der Waals surface area contributed by atoms with Gasteiger partial charge in [0, 0.05) is 15.7 Å². The van der Waals surface area contributed by atoms with Crippen molar-refractivity contribution in [1.29, 1.82) is 0 Å². The van der Waals surface area contributed by atoms with Crippen molar-refractivity contribution in [3.63, 3.8) is 0 Å². The van der Waals surface area contributed by atoms with Gasteiger partial charge in [-0.3, -0.25) is 14.4 Å². The molecule has 0 saturated heterocycles. The summed E-state index contributed by atoms with van der Waals surface area (Å²) in [5.41, 5.74) is 2.09. The zero-order chi connectivity index (χ0) is 20.5. The molecular weight excluding hydrogens is 411 g/mol. The van der Waals surface area contributed by atoms with Crippen LogP contribution in [0, 0.1) is 0 Å². The molecule has 0 atom stereocenters. The monoisotopic (exact) mass is 424 g/mol. The smallest absolute Gasteiger partial charge is 0.266 e. The zero-order valence-electron chi connectivity index (χ0n) is 15.0. The summed E-state index contributed by atoms with van der Waals surface area (Å²) in [6.07, 6.45) is -0.00422. The number of carbonyl (C=O) groups is 3. The van der Waals surface area contributed by atoms with Crippen LogP contribution in [0.1, 0.15) is 26.3 Å². The number of anilines is 2. The van der Waals surface area contributed by atoms with Gasteiger partial charge in [0.05, 0.1) is 23.2 Å². The van der Waals surface area contributed by atoms with Crippen molar-refractivity contribution in [3.05, 3.63) is 93.5 Å². The molecule has 144 valence electrons. The summed E-state index contributed by atoms with van der Waals surface area (Å²) in [5.74, 6) is -1.10. The highest BCUT2D eigenvalue weighted by molar-refractivity contribution is 6.36. The summed E-state index contributed by atoms with van der Waals surface area (Å²) in [7, 11) is 0. The van der Waals surface area contributed by atoms with E-state index >= 15 is 0 Å². The molecule has 0 saturated carbocycles. The highest BCUT2D eigenvalue weighted by Crippen LogP contribution is 2.30. The van der Waals surface area contributed by atoms with Crippen molar-refractivity contribution in [2.45, 2.75) is 6.42 Å². The Kier molecular flexibility index (Phi) is 5.09. The maximum atomic E-state index is 12.6. The second-order valence-electron chi connectivity index (χ2n) is 6.47. The van der Waals surface area contributed by atoms with E-state index in [1.807, 2.05) is 0 Å². The van der Waals surface area contributed by atoms with E-state index in [0.717, 1.165) is 4.90 Å². The fraction of sp³-hybridized carbons (Fsp3) is 0.0455. The highest BCUT2D eigenvalue weighted by Gasteiger charge is 2.36. The molecule has 1 aliphatic heterocycles. The minimum Gasteiger partial charge on any atom is -0.326 e. The molecule has 0 fully saturated rings. The van der Waals surface area contributed by atoms with Gasteiger partial charge in [0.25, 0.3) is 11.8 Å². The van der Waals surface area contributed by atoms with Gasteiger partial charge >= 0.3 is 0 Å². The maximum absolute atomic E-state index is 12.6. The first-order chi connectivity index (χ1) is 14.0. The van der Waals surface area contributed by atoms with Gasteiger partial charge in [0.15, 0.2) is 0 Å². The van der Waals surface area contributed by atoms with Crippen molar-refractivity contribution < 1.29 is 14.4 Å². The molecule has 3 aromatic carbocycles. The summed E-state index contributed by atoms with van der Waals surface area (Å²) < 4.78 is 0. The Balaban J connectivity index is 1.55. The first kappa shape index (κ1) is 19.2. The van der Waals surface area contributed by atoms with Crippen LogP contribution in [0.15, 0.2) is 66.7 Å². The molecule has 0 bridgehead atoms. The fourth-order valence-electron chi connectivity index (χ4n) is 3.21. The van der Waals surface area contributed by atoms with Crippen molar-refractivity contribution in [2.75, 3.05) is 10.2 Å². The molecule has 7 heteroatoms. The van der Waals surface area contributed by atoms with Gasteiger partial charge in [-0.05, 0) is 48.0 Å². The van der Waals surface area contributed by atoms with Gasteiger partial charge in [-0.1, -0.05) is 47.5 Å². The van der Waals surface area contributed by atoms with Crippen LogP contribution in [0.2, 0.25) is 10.0 Å². The van der Waals surface area contributed by atoms with E-state index in [4.69, 9.17) is 23.2 Å². The van der Waals surface area contributed by atoms with Crippen LogP contribution >= 0.6 is 23.2 Å². The topological polar surface area (TPSA) is 66.5 Å². The predicted molar refractivity (Wildman–Crippen MR) is 113 cm³/mol. The third kappa shape index (κ3) is 3.62. The molecule has 4 rings (SSSR count). The van der Waals surface area contributed by atoms with Crippen molar-refractivity contribution in [2.24, 2.45) is 0 Å². The van der Waals surface area contributed by atoms with Crippen LogP contribution in [-0.4, -0.2) is 17.7 Å². The predicted octanol–water partition coefficient (Wildman–Crippen LogP) is 4.98. The number of rotatable bonds is 4. The van der Waals surface area contributed by atoms with Crippen LogP contribution in [0.25, 0.3) is 0 Å². The van der Waals surface area contributed by atoms with Crippen LogP contribution in [0.5, 0.6) is 0 Å². The largest absolute Gasteiger partial charge is 0.326 e. The minimum absolute atomic E-state index is 0.00422. The van der Waals surface area contributed by atoms with Gasteiger partial charge in [-0.25, -0.2) is 4.90 Å². The Bertz CT molecular complexity index is 1110. The first-order valence-corrected chi connectivity index (χ1v) is 9.52. The molecule has 3 aromatic rings. The molecule has 1 N–H and O–H groups in total. The Morgan fingerprint density at radius 3 is 2.03 bits per heavy atom. The molecule has 3 amide bonds. The summed E-state index contributed by atoms with van der Waals surface area (Å²) in [4.78, 5) is 38.8. The first-order valence-electron chi connectivity index (χ1n) is 8.76. The second-order valence-corrected chi connectivity index (χ2v) is 7.28. The highest BCUT2D eigenvalue weighted by atomic mass is 35.5. The number of hydrogen-bond donors (Lipinski definition) is 1. The van der Waals surface area contributed by atoms with E-state index in [2.05, 4.69) is 5.32 Å². The van der Waals surface area contributed by atoms with E-state index < -0.39 is 11.8 Å².